The molecule has 1 unspecified atom stereocenters. The SMILES string of the molecule is CC1=C(c2ccco2)CN(C(=O)NC2CCCCNC2=O)CC1. The third kappa shape index (κ3) is 3.57. The average Bonchev–Trinajstić information content (AvgIpc) is 3.00. The summed E-state index contributed by atoms with van der Waals surface area (Å²) in [4.78, 5) is 26.2. The smallest absolute Gasteiger partial charge is 0.318 e. The normalized spacial score (nSPS) is 22.6. The molecular weight excluding hydrogens is 294 g/mol. The van der Waals surface area contributed by atoms with Crippen LogP contribution in [0.1, 0.15) is 38.4 Å². The number of amides is 3. The molecule has 1 atom stereocenters. The zero-order valence-electron chi connectivity index (χ0n) is 13.4. The van der Waals surface area contributed by atoms with Crippen molar-refractivity contribution in [1.29, 1.82) is 0 Å². The molecule has 1 fully saturated rings. The molecule has 0 aromatic carbocycles. The van der Waals surface area contributed by atoms with Crippen molar-refractivity contribution in [1.82, 2.24) is 15.5 Å². The number of hydrogen-bond donors (Lipinski definition) is 2. The average molecular weight is 317 g/mol. The molecule has 0 bridgehead atoms. The van der Waals surface area contributed by atoms with E-state index in [-0.39, 0.29) is 11.9 Å². The van der Waals surface area contributed by atoms with Gasteiger partial charge in [0.15, 0.2) is 0 Å². The van der Waals surface area contributed by atoms with E-state index >= 15 is 0 Å². The number of nitrogens with zero attached hydrogens (tertiary/aromatic N) is 1. The summed E-state index contributed by atoms with van der Waals surface area (Å²) in [5.41, 5.74) is 2.30. The summed E-state index contributed by atoms with van der Waals surface area (Å²) in [5, 5.41) is 5.73. The van der Waals surface area contributed by atoms with Gasteiger partial charge in [0.25, 0.3) is 0 Å². The number of urea groups is 1. The number of furan rings is 1. The molecule has 0 saturated carbocycles. The van der Waals surface area contributed by atoms with Crippen molar-refractivity contribution in [3.05, 3.63) is 29.7 Å². The van der Waals surface area contributed by atoms with Gasteiger partial charge in [0.1, 0.15) is 11.8 Å². The summed E-state index contributed by atoms with van der Waals surface area (Å²) in [6, 6.07) is 3.16. The molecule has 23 heavy (non-hydrogen) atoms. The van der Waals surface area contributed by atoms with E-state index in [9.17, 15) is 9.59 Å². The van der Waals surface area contributed by atoms with Crippen molar-refractivity contribution in [3.8, 4) is 0 Å². The van der Waals surface area contributed by atoms with E-state index in [1.54, 1.807) is 11.2 Å². The molecule has 1 aromatic rings. The van der Waals surface area contributed by atoms with Crippen LogP contribution in [0.15, 0.2) is 28.4 Å². The lowest BCUT2D eigenvalue weighted by atomic mass is 10.00. The van der Waals surface area contributed by atoms with Crippen LogP contribution in [-0.2, 0) is 4.79 Å². The van der Waals surface area contributed by atoms with E-state index in [4.69, 9.17) is 4.42 Å². The van der Waals surface area contributed by atoms with Crippen LogP contribution in [0.2, 0.25) is 0 Å². The van der Waals surface area contributed by atoms with E-state index < -0.39 is 6.04 Å². The third-order valence-electron chi connectivity index (χ3n) is 4.56. The van der Waals surface area contributed by atoms with E-state index in [0.29, 0.717) is 26.1 Å². The van der Waals surface area contributed by atoms with Crippen LogP contribution in [0.4, 0.5) is 4.79 Å². The largest absolute Gasteiger partial charge is 0.465 e. The van der Waals surface area contributed by atoms with E-state index in [1.165, 1.54) is 5.57 Å². The van der Waals surface area contributed by atoms with Crippen molar-refractivity contribution in [2.75, 3.05) is 19.6 Å². The summed E-state index contributed by atoms with van der Waals surface area (Å²) in [6.07, 6.45) is 5.07. The maximum absolute atomic E-state index is 12.5. The van der Waals surface area contributed by atoms with Crippen molar-refractivity contribution in [3.63, 3.8) is 0 Å². The maximum atomic E-state index is 12.5. The highest BCUT2D eigenvalue weighted by Crippen LogP contribution is 2.26. The van der Waals surface area contributed by atoms with Gasteiger partial charge in [0.2, 0.25) is 5.91 Å². The van der Waals surface area contributed by atoms with Gasteiger partial charge in [0, 0.05) is 18.7 Å². The fourth-order valence-electron chi connectivity index (χ4n) is 3.09. The van der Waals surface area contributed by atoms with Gasteiger partial charge in [-0.1, -0.05) is 5.57 Å². The Morgan fingerprint density at radius 1 is 1.43 bits per heavy atom. The molecule has 0 spiro atoms. The van der Waals surface area contributed by atoms with Gasteiger partial charge in [-0.05, 0) is 44.7 Å². The standard InChI is InChI=1S/C17H23N3O3/c1-12-7-9-20(11-13(12)15-6-4-10-23-15)17(22)19-14-5-2-3-8-18-16(14)21/h4,6,10,14H,2-3,5,7-9,11H2,1H3,(H,18,21)(H,19,22). The van der Waals surface area contributed by atoms with Gasteiger partial charge in [-0.15, -0.1) is 0 Å². The lowest BCUT2D eigenvalue weighted by Crippen LogP contribution is -2.51. The third-order valence-corrected chi connectivity index (χ3v) is 4.56. The van der Waals surface area contributed by atoms with Crippen molar-refractivity contribution < 1.29 is 14.0 Å². The number of carbonyl (C=O) groups excluding carboxylic acids is 2. The van der Waals surface area contributed by atoms with Crippen LogP contribution in [0, 0.1) is 0 Å². The van der Waals surface area contributed by atoms with Gasteiger partial charge in [-0.2, -0.15) is 0 Å². The van der Waals surface area contributed by atoms with Crippen LogP contribution in [-0.4, -0.2) is 42.5 Å². The molecular formula is C17H23N3O3. The number of hydrogen-bond acceptors (Lipinski definition) is 3. The second kappa shape index (κ2) is 6.89. The molecule has 2 aliphatic rings. The number of carbonyl (C=O) groups is 2. The first-order valence-corrected chi connectivity index (χ1v) is 8.21. The second-order valence-electron chi connectivity index (χ2n) is 6.20. The van der Waals surface area contributed by atoms with E-state index in [1.807, 2.05) is 12.1 Å². The Hall–Kier alpha value is -2.24. The lowest BCUT2D eigenvalue weighted by molar-refractivity contribution is -0.122. The van der Waals surface area contributed by atoms with Crippen molar-refractivity contribution >= 4 is 17.5 Å². The summed E-state index contributed by atoms with van der Waals surface area (Å²) in [6.45, 7) is 3.95. The topological polar surface area (TPSA) is 74.6 Å². The molecule has 6 nitrogen and oxygen atoms in total. The van der Waals surface area contributed by atoms with Crippen LogP contribution in [0.25, 0.3) is 5.57 Å². The molecule has 2 aliphatic heterocycles. The molecule has 0 aliphatic carbocycles. The Bertz CT molecular complexity index is 607. The maximum Gasteiger partial charge on any atom is 0.318 e. The van der Waals surface area contributed by atoms with Gasteiger partial charge >= 0.3 is 6.03 Å². The molecule has 3 heterocycles. The predicted molar refractivity (Wildman–Crippen MR) is 86.7 cm³/mol. The predicted octanol–water partition coefficient (Wildman–Crippen LogP) is 2.14. The lowest BCUT2D eigenvalue weighted by Gasteiger charge is -2.30. The Morgan fingerprint density at radius 2 is 2.30 bits per heavy atom. The molecule has 3 rings (SSSR count). The minimum atomic E-state index is -0.427. The second-order valence-corrected chi connectivity index (χ2v) is 6.20. The first-order valence-electron chi connectivity index (χ1n) is 8.21. The fraction of sp³-hybridized carbons (Fsp3) is 0.529. The Balaban J connectivity index is 1.65. The molecule has 0 radical (unpaired) electrons. The molecule has 6 heteroatoms. The minimum Gasteiger partial charge on any atom is -0.465 e. The van der Waals surface area contributed by atoms with E-state index in [2.05, 4.69) is 17.6 Å². The van der Waals surface area contributed by atoms with Gasteiger partial charge < -0.3 is 20.0 Å². The number of rotatable bonds is 2. The quantitative estimate of drug-likeness (QED) is 0.877. The molecule has 124 valence electrons. The monoisotopic (exact) mass is 317 g/mol. The summed E-state index contributed by atoms with van der Waals surface area (Å²) < 4.78 is 5.47. The zero-order chi connectivity index (χ0) is 16.2. The first-order chi connectivity index (χ1) is 11.1. The highest BCUT2D eigenvalue weighted by Gasteiger charge is 2.27. The Labute approximate surface area is 135 Å². The Morgan fingerprint density at radius 3 is 3.09 bits per heavy atom. The van der Waals surface area contributed by atoms with E-state index in [0.717, 1.165) is 30.6 Å². The summed E-state index contributed by atoms with van der Waals surface area (Å²) >= 11 is 0. The van der Waals surface area contributed by atoms with Gasteiger partial charge in [-0.3, -0.25) is 4.79 Å². The van der Waals surface area contributed by atoms with Crippen LogP contribution >= 0.6 is 0 Å². The Kier molecular flexibility index (Phi) is 4.69. The highest BCUT2D eigenvalue weighted by molar-refractivity contribution is 5.88. The molecule has 1 saturated heterocycles. The van der Waals surface area contributed by atoms with Crippen molar-refractivity contribution in [2.45, 2.75) is 38.6 Å². The number of nitrogens with one attached hydrogen (secondary N) is 2. The highest BCUT2D eigenvalue weighted by atomic mass is 16.3. The minimum absolute atomic E-state index is 0.0779. The summed E-state index contributed by atoms with van der Waals surface area (Å²) in [7, 11) is 0. The van der Waals surface area contributed by atoms with Crippen LogP contribution in [0.3, 0.4) is 0 Å². The van der Waals surface area contributed by atoms with Crippen LogP contribution in [0.5, 0.6) is 0 Å². The molecule has 1 aromatic heterocycles. The van der Waals surface area contributed by atoms with Gasteiger partial charge in [0.05, 0.1) is 12.8 Å². The summed E-state index contributed by atoms with van der Waals surface area (Å²) in [5.74, 6) is 0.734. The fourth-order valence-corrected chi connectivity index (χ4v) is 3.09. The van der Waals surface area contributed by atoms with Gasteiger partial charge in [-0.25, -0.2) is 4.79 Å². The molecule has 3 amide bonds. The zero-order valence-corrected chi connectivity index (χ0v) is 13.4. The molecule has 2 N–H and O–H groups in total. The first kappa shape index (κ1) is 15.6. The van der Waals surface area contributed by atoms with Crippen LogP contribution < -0.4 is 10.6 Å². The van der Waals surface area contributed by atoms with Crippen molar-refractivity contribution in [2.24, 2.45) is 0 Å².